The first kappa shape index (κ1) is 6.86. The van der Waals surface area contributed by atoms with Crippen molar-refractivity contribution in [2.75, 3.05) is 18.1 Å². The lowest BCUT2D eigenvalue weighted by Gasteiger charge is -2.00. The SMILES string of the molecule is CNc1ccc(F)c(N)c1. The highest BCUT2D eigenvalue weighted by Gasteiger charge is 1.96. The predicted octanol–water partition coefficient (Wildman–Crippen LogP) is 1.45. The number of nitrogen functional groups attached to an aromatic ring is 1. The van der Waals surface area contributed by atoms with Crippen molar-refractivity contribution in [2.24, 2.45) is 0 Å². The van der Waals surface area contributed by atoms with E-state index in [2.05, 4.69) is 5.32 Å². The van der Waals surface area contributed by atoms with Gasteiger partial charge in [-0.1, -0.05) is 0 Å². The van der Waals surface area contributed by atoms with E-state index < -0.39 is 0 Å². The lowest BCUT2D eigenvalue weighted by molar-refractivity contribution is 0.632. The Balaban J connectivity index is 3.04. The van der Waals surface area contributed by atoms with Gasteiger partial charge in [-0.05, 0) is 18.2 Å². The molecule has 3 heteroatoms. The minimum atomic E-state index is -0.376. The molecule has 0 fully saturated rings. The zero-order valence-electron chi connectivity index (χ0n) is 5.69. The largest absolute Gasteiger partial charge is 0.396 e. The van der Waals surface area contributed by atoms with Gasteiger partial charge in [0.25, 0.3) is 0 Å². The molecule has 0 aliphatic rings. The lowest BCUT2D eigenvalue weighted by atomic mass is 10.3. The Morgan fingerprint density at radius 2 is 2.20 bits per heavy atom. The van der Waals surface area contributed by atoms with E-state index in [9.17, 15) is 4.39 Å². The van der Waals surface area contributed by atoms with Gasteiger partial charge in [-0.25, -0.2) is 4.39 Å². The molecule has 1 aromatic carbocycles. The van der Waals surface area contributed by atoms with Crippen LogP contribution in [0.3, 0.4) is 0 Å². The Morgan fingerprint density at radius 1 is 1.50 bits per heavy atom. The molecule has 54 valence electrons. The van der Waals surface area contributed by atoms with Gasteiger partial charge in [0.15, 0.2) is 0 Å². The van der Waals surface area contributed by atoms with Crippen LogP contribution in [0.4, 0.5) is 15.8 Å². The molecule has 0 amide bonds. The van der Waals surface area contributed by atoms with E-state index in [0.29, 0.717) is 0 Å². The first-order chi connectivity index (χ1) is 4.74. The number of nitrogens with two attached hydrogens (primary N) is 1. The Bertz CT molecular complexity index is 235. The molecule has 0 atom stereocenters. The molecule has 0 spiro atoms. The molecule has 0 saturated heterocycles. The van der Waals surface area contributed by atoms with Crippen LogP contribution in [-0.4, -0.2) is 7.05 Å². The van der Waals surface area contributed by atoms with Crippen LogP contribution in [0.2, 0.25) is 0 Å². The Kier molecular flexibility index (Phi) is 1.76. The summed E-state index contributed by atoms with van der Waals surface area (Å²) in [6.45, 7) is 0. The average molecular weight is 140 g/mol. The lowest BCUT2D eigenvalue weighted by Crippen LogP contribution is -1.93. The second-order valence-electron chi connectivity index (χ2n) is 1.99. The third-order valence-corrected chi connectivity index (χ3v) is 1.28. The fourth-order valence-electron chi connectivity index (χ4n) is 0.699. The minimum absolute atomic E-state index is 0.173. The van der Waals surface area contributed by atoms with Gasteiger partial charge in [0.2, 0.25) is 0 Å². The van der Waals surface area contributed by atoms with Crippen molar-refractivity contribution in [3.63, 3.8) is 0 Å². The standard InChI is InChI=1S/C7H9FN2/c1-10-5-2-3-6(8)7(9)4-5/h2-4,10H,9H2,1H3. The molecule has 0 unspecified atom stereocenters. The fourth-order valence-corrected chi connectivity index (χ4v) is 0.699. The number of halogens is 1. The molecule has 0 aliphatic carbocycles. The van der Waals surface area contributed by atoms with Crippen LogP contribution in [0, 0.1) is 5.82 Å². The van der Waals surface area contributed by atoms with Crippen LogP contribution in [0.15, 0.2) is 18.2 Å². The number of benzene rings is 1. The Morgan fingerprint density at radius 3 is 2.70 bits per heavy atom. The van der Waals surface area contributed by atoms with Crippen molar-refractivity contribution in [2.45, 2.75) is 0 Å². The van der Waals surface area contributed by atoms with Crippen molar-refractivity contribution in [3.8, 4) is 0 Å². The fraction of sp³-hybridized carbons (Fsp3) is 0.143. The summed E-state index contributed by atoms with van der Waals surface area (Å²) >= 11 is 0. The summed E-state index contributed by atoms with van der Waals surface area (Å²) in [5, 5.41) is 2.85. The van der Waals surface area contributed by atoms with Gasteiger partial charge in [-0.2, -0.15) is 0 Å². The smallest absolute Gasteiger partial charge is 0.146 e. The monoisotopic (exact) mass is 140 g/mol. The molecule has 0 aromatic heterocycles. The van der Waals surface area contributed by atoms with Crippen LogP contribution in [0.1, 0.15) is 0 Å². The highest BCUT2D eigenvalue weighted by molar-refractivity contribution is 5.54. The molecule has 0 heterocycles. The maximum atomic E-state index is 12.5. The summed E-state index contributed by atoms with van der Waals surface area (Å²) in [6.07, 6.45) is 0. The third kappa shape index (κ3) is 1.18. The highest BCUT2D eigenvalue weighted by Crippen LogP contribution is 2.14. The molecule has 0 bridgehead atoms. The molecular formula is C7H9FN2. The van der Waals surface area contributed by atoms with Crippen molar-refractivity contribution in [1.29, 1.82) is 0 Å². The summed E-state index contributed by atoms with van der Waals surface area (Å²) in [5.74, 6) is -0.376. The number of rotatable bonds is 1. The van der Waals surface area contributed by atoms with Gasteiger partial charge in [-0.15, -0.1) is 0 Å². The van der Waals surface area contributed by atoms with E-state index in [1.54, 1.807) is 19.2 Å². The van der Waals surface area contributed by atoms with Gasteiger partial charge in [0, 0.05) is 12.7 Å². The van der Waals surface area contributed by atoms with E-state index in [-0.39, 0.29) is 11.5 Å². The zero-order chi connectivity index (χ0) is 7.56. The summed E-state index contributed by atoms with van der Waals surface area (Å²) in [5.41, 5.74) is 6.27. The molecule has 1 rings (SSSR count). The van der Waals surface area contributed by atoms with Gasteiger partial charge in [0.1, 0.15) is 5.82 Å². The summed E-state index contributed by atoms with van der Waals surface area (Å²) in [7, 11) is 1.76. The highest BCUT2D eigenvalue weighted by atomic mass is 19.1. The molecule has 3 N–H and O–H groups in total. The van der Waals surface area contributed by atoms with E-state index in [0.717, 1.165) is 5.69 Å². The first-order valence-electron chi connectivity index (χ1n) is 2.97. The second kappa shape index (κ2) is 2.56. The molecule has 0 radical (unpaired) electrons. The number of nitrogens with one attached hydrogen (secondary N) is 1. The normalized spacial score (nSPS) is 9.40. The van der Waals surface area contributed by atoms with Gasteiger partial charge >= 0.3 is 0 Å². The zero-order valence-corrected chi connectivity index (χ0v) is 5.69. The predicted molar refractivity (Wildman–Crippen MR) is 40.4 cm³/mol. The number of hydrogen-bond acceptors (Lipinski definition) is 2. The van der Waals surface area contributed by atoms with Crippen LogP contribution in [0.25, 0.3) is 0 Å². The van der Waals surface area contributed by atoms with E-state index in [1.165, 1.54) is 6.07 Å². The molecule has 0 aliphatic heterocycles. The maximum Gasteiger partial charge on any atom is 0.146 e. The van der Waals surface area contributed by atoms with E-state index in [1.807, 2.05) is 0 Å². The molecule has 10 heavy (non-hydrogen) atoms. The van der Waals surface area contributed by atoms with Gasteiger partial charge < -0.3 is 11.1 Å². The third-order valence-electron chi connectivity index (χ3n) is 1.28. The summed E-state index contributed by atoms with van der Waals surface area (Å²) in [6, 6.07) is 4.52. The number of hydrogen-bond donors (Lipinski definition) is 2. The van der Waals surface area contributed by atoms with Gasteiger partial charge in [-0.3, -0.25) is 0 Å². The summed E-state index contributed by atoms with van der Waals surface area (Å²) in [4.78, 5) is 0. The first-order valence-corrected chi connectivity index (χ1v) is 2.97. The summed E-state index contributed by atoms with van der Waals surface area (Å²) < 4.78 is 12.5. The van der Waals surface area contributed by atoms with Crippen molar-refractivity contribution < 1.29 is 4.39 Å². The average Bonchev–Trinajstić information content (AvgIpc) is 1.95. The van der Waals surface area contributed by atoms with E-state index in [4.69, 9.17) is 5.73 Å². The van der Waals surface area contributed by atoms with Gasteiger partial charge in [0.05, 0.1) is 5.69 Å². The van der Waals surface area contributed by atoms with Crippen LogP contribution < -0.4 is 11.1 Å². The van der Waals surface area contributed by atoms with Crippen LogP contribution in [-0.2, 0) is 0 Å². The Hall–Kier alpha value is -1.25. The van der Waals surface area contributed by atoms with Crippen LogP contribution >= 0.6 is 0 Å². The molecule has 0 saturated carbocycles. The van der Waals surface area contributed by atoms with Crippen LogP contribution in [0.5, 0.6) is 0 Å². The molecular weight excluding hydrogens is 131 g/mol. The Labute approximate surface area is 58.9 Å². The molecule has 2 nitrogen and oxygen atoms in total. The van der Waals surface area contributed by atoms with Crippen molar-refractivity contribution >= 4 is 11.4 Å². The second-order valence-corrected chi connectivity index (χ2v) is 1.99. The minimum Gasteiger partial charge on any atom is -0.396 e. The number of anilines is 2. The molecule has 1 aromatic rings. The quantitative estimate of drug-likeness (QED) is 0.579. The van der Waals surface area contributed by atoms with E-state index >= 15 is 0 Å². The van der Waals surface area contributed by atoms with Crippen molar-refractivity contribution in [3.05, 3.63) is 24.0 Å². The van der Waals surface area contributed by atoms with Crippen molar-refractivity contribution in [1.82, 2.24) is 0 Å². The topological polar surface area (TPSA) is 38.0 Å². The maximum absolute atomic E-state index is 12.5.